The molecule has 4 aromatic rings. The first-order valence-corrected chi connectivity index (χ1v) is 12.3. The van der Waals surface area contributed by atoms with E-state index in [2.05, 4.69) is 171 Å². The molecule has 0 fully saturated rings. The minimum atomic E-state index is 1.19. The summed E-state index contributed by atoms with van der Waals surface area (Å²) in [5.74, 6) is 0. The summed E-state index contributed by atoms with van der Waals surface area (Å²) < 4.78 is 0. The molecule has 0 aliphatic rings. The summed E-state index contributed by atoms with van der Waals surface area (Å²) in [6.45, 7) is 0. The number of allylic oxidation sites excluding steroid dienone is 4. The van der Waals surface area contributed by atoms with Crippen molar-refractivity contribution in [2.24, 2.45) is 0 Å². The molecule has 0 spiro atoms. The Kier molecular flexibility index (Phi) is 8.20. The van der Waals surface area contributed by atoms with E-state index in [0.717, 1.165) is 0 Å². The van der Waals surface area contributed by atoms with E-state index >= 15 is 0 Å². The highest BCUT2D eigenvalue weighted by Gasteiger charge is 2.07. The Labute approximate surface area is 216 Å². The van der Waals surface area contributed by atoms with E-state index in [0.29, 0.717) is 0 Å². The first kappa shape index (κ1) is 24.8. The fourth-order valence-corrected chi connectivity index (χ4v) is 4.14. The monoisotopic (exact) mass is 470 g/mol. The maximum atomic E-state index is 2.21. The van der Waals surface area contributed by atoms with Crippen LogP contribution in [-0.4, -0.2) is 28.2 Å². The van der Waals surface area contributed by atoms with Gasteiger partial charge in [-0.2, -0.15) is 0 Å². The summed E-state index contributed by atoms with van der Waals surface area (Å²) in [5, 5.41) is 0. The lowest BCUT2D eigenvalue weighted by Gasteiger charge is -2.16. The third kappa shape index (κ3) is 6.22. The highest BCUT2D eigenvalue weighted by molar-refractivity contribution is 5.83. The van der Waals surface area contributed by atoms with Gasteiger partial charge < -0.3 is 9.80 Å². The molecule has 0 radical (unpaired) electrons. The Hall–Kier alpha value is -4.30. The second-order valence-electron chi connectivity index (χ2n) is 9.16. The standard InChI is InChI=1S/C34H34N2/c1-35(2)31-23-19-29(20-24-31)34(30-21-25-32(26-22-30)36(3)4)18-12-11-17-33(27-13-7-5-8-14-27)28-15-9-6-10-16-28/h5-26H,1-4H3. The molecule has 0 saturated heterocycles. The maximum absolute atomic E-state index is 2.21. The molecular weight excluding hydrogens is 436 g/mol. The molecule has 0 saturated carbocycles. The Morgan fingerprint density at radius 2 is 0.722 bits per heavy atom. The third-order valence-corrected chi connectivity index (χ3v) is 6.20. The summed E-state index contributed by atoms with van der Waals surface area (Å²) in [6.07, 6.45) is 8.68. The van der Waals surface area contributed by atoms with Crippen molar-refractivity contribution in [2.75, 3.05) is 38.0 Å². The van der Waals surface area contributed by atoms with Crippen LogP contribution in [0.3, 0.4) is 0 Å². The van der Waals surface area contributed by atoms with Crippen LogP contribution in [0.4, 0.5) is 11.4 Å². The number of anilines is 2. The van der Waals surface area contributed by atoms with Crippen molar-refractivity contribution in [1.29, 1.82) is 0 Å². The largest absolute Gasteiger partial charge is 0.378 e. The molecule has 0 aliphatic carbocycles. The molecular formula is C34H34N2. The zero-order chi connectivity index (χ0) is 25.3. The second kappa shape index (κ2) is 11.9. The Morgan fingerprint density at radius 3 is 1.03 bits per heavy atom. The Bertz CT molecular complexity index is 1230. The highest BCUT2D eigenvalue weighted by Crippen LogP contribution is 2.28. The predicted octanol–water partition coefficient (Wildman–Crippen LogP) is 7.94. The van der Waals surface area contributed by atoms with Gasteiger partial charge in [-0.25, -0.2) is 0 Å². The highest BCUT2D eigenvalue weighted by atomic mass is 15.1. The van der Waals surface area contributed by atoms with E-state index in [1.807, 2.05) is 0 Å². The minimum absolute atomic E-state index is 1.19. The van der Waals surface area contributed by atoms with Crippen molar-refractivity contribution in [1.82, 2.24) is 0 Å². The Balaban J connectivity index is 1.72. The molecule has 2 heteroatoms. The number of nitrogens with zero attached hydrogens (tertiary/aromatic N) is 2. The zero-order valence-electron chi connectivity index (χ0n) is 21.6. The fourth-order valence-electron chi connectivity index (χ4n) is 4.14. The number of benzene rings is 4. The molecule has 4 rings (SSSR count). The summed E-state index contributed by atoms with van der Waals surface area (Å²) >= 11 is 0. The number of hydrogen-bond acceptors (Lipinski definition) is 2. The normalized spacial score (nSPS) is 10.7. The van der Waals surface area contributed by atoms with Crippen LogP contribution in [0.25, 0.3) is 11.1 Å². The van der Waals surface area contributed by atoms with E-state index in [1.54, 1.807) is 0 Å². The van der Waals surface area contributed by atoms with Crippen LogP contribution in [0.15, 0.2) is 133 Å². The van der Waals surface area contributed by atoms with Crippen LogP contribution in [0.5, 0.6) is 0 Å². The quantitative estimate of drug-likeness (QED) is 0.241. The van der Waals surface area contributed by atoms with Gasteiger partial charge in [-0.3, -0.25) is 0 Å². The first-order valence-electron chi connectivity index (χ1n) is 12.3. The second-order valence-corrected chi connectivity index (χ2v) is 9.16. The molecule has 0 aromatic heterocycles. The van der Waals surface area contributed by atoms with Crippen molar-refractivity contribution < 1.29 is 0 Å². The van der Waals surface area contributed by atoms with E-state index in [9.17, 15) is 0 Å². The van der Waals surface area contributed by atoms with Gasteiger partial charge in [-0.1, -0.05) is 109 Å². The lowest BCUT2D eigenvalue weighted by molar-refractivity contribution is 1.13. The van der Waals surface area contributed by atoms with Crippen LogP contribution >= 0.6 is 0 Å². The van der Waals surface area contributed by atoms with Gasteiger partial charge >= 0.3 is 0 Å². The molecule has 0 bridgehead atoms. The minimum Gasteiger partial charge on any atom is -0.378 e. The van der Waals surface area contributed by atoms with Gasteiger partial charge in [0.1, 0.15) is 0 Å². The summed E-state index contributed by atoms with van der Waals surface area (Å²) in [4.78, 5) is 4.25. The van der Waals surface area contributed by atoms with E-state index in [4.69, 9.17) is 0 Å². The van der Waals surface area contributed by atoms with Gasteiger partial charge in [0.2, 0.25) is 0 Å². The average Bonchev–Trinajstić information content (AvgIpc) is 2.92. The van der Waals surface area contributed by atoms with Gasteiger partial charge in [0.25, 0.3) is 0 Å². The van der Waals surface area contributed by atoms with Crippen molar-refractivity contribution in [2.45, 2.75) is 0 Å². The van der Waals surface area contributed by atoms with Crippen LogP contribution in [0.2, 0.25) is 0 Å². The smallest absolute Gasteiger partial charge is 0.0361 e. The molecule has 0 unspecified atom stereocenters. The molecule has 180 valence electrons. The number of hydrogen-bond donors (Lipinski definition) is 0. The fraction of sp³-hybridized carbons (Fsp3) is 0.118. The summed E-state index contributed by atoms with van der Waals surface area (Å²) in [7, 11) is 8.27. The van der Waals surface area contributed by atoms with Crippen molar-refractivity contribution in [3.63, 3.8) is 0 Å². The van der Waals surface area contributed by atoms with Gasteiger partial charge in [0.05, 0.1) is 0 Å². The van der Waals surface area contributed by atoms with E-state index < -0.39 is 0 Å². The summed E-state index contributed by atoms with van der Waals surface area (Å²) in [6, 6.07) is 38.6. The molecule has 0 N–H and O–H groups in total. The van der Waals surface area contributed by atoms with Crippen LogP contribution in [0.1, 0.15) is 22.3 Å². The molecule has 0 aliphatic heterocycles. The van der Waals surface area contributed by atoms with Gasteiger partial charge in [-0.15, -0.1) is 0 Å². The van der Waals surface area contributed by atoms with Crippen LogP contribution < -0.4 is 9.80 Å². The SMILES string of the molecule is CN(C)c1ccc(C(=CC=CC=C(c2ccccc2)c2ccccc2)c2ccc(N(C)C)cc2)cc1. The molecule has 0 heterocycles. The predicted molar refractivity (Wildman–Crippen MR) is 158 cm³/mol. The van der Waals surface area contributed by atoms with Crippen molar-refractivity contribution in [3.05, 3.63) is 156 Å². The Morgan fingerprint density at radius 1 is 0.417 bits per heavy atom. The lowest BCUT2D eigenvalue weighted by Crippen LogP contribution is -2.08. The average molecular weight is 471 g/mol. The van der Waals surface area contributed by atoms with E-state index in [1.165, 1.54) is 44.8 Å². The molecule has 4 aromatic carbocycles. The molecule has 0 atom stereocenters. The zero-order valence-corrected chi connectivity index (χ0v) is 21.6. The first-order chi connectivity index (χ1) is 17.5. The summed E-state index contributed by atoms with van der Waals surface area (Å²) in [5.41, 5.74) is 9.57. The topological polar surface area (TPSA) is 6.48 Å². The van der Waals surface area contributed by atoms with E-state index in [-0.39, 0.29) is 0 Å². The van der Waals surface area contributed by atoms with Crippen LogP contribution in [-0.2, 0) is 0 Å². The molecule has 0 amide bonds. The molecule has 36 heavy (non-hydrogen) atoms. The lowest BCUT2D eigenvalue weighted by atomic mass is 9.96. The van der Waals surface area contributed by atoms with Crippen LogP contribution in [0, 0.1) is 0 Å². The van der Waals surface area contributed by atoms with Gasteiger partial charge in [0.15, 0.2) is 0 Å². The van der Waals surface area contributed by atoms with Crippen molar-refractivity contribution in [3.8, 4) is 0 Å². The molecule has 2 nitrogen and oxygen atoms in total. The third-order valence-electron chi connectivity index (χ3n) is 6.20. The van der Waals surface area contributed by atoms with Gasteiger partial charge in [0, 0.05) is 39.6 Å². The number of rotatable bonds is 8. The maximum Gasteiger partial charge on any atom is 0.0361 e. The van der Waals surface area contributed by atoms with Crippen molar-refractivity contribution >= 4 is 22.5 Å². The van der Waals surface area contributed by atoms with Gasteiger partial charge in [-0.05, 0) is 57.7 Å².